The van der Waals surface area contributed by atoms with E-state index < -0.39 is 0 Å². The van der Waals surface area contributed by atoms with Crippen molar-refractivity contribution < 1.29 is 9.53 Å². The summed E-state index contributed by atoms with van der Waals surface area (Å²) in [7, 11) is 1.68. The number of carbonyl (C=O) groups excluding carboxylic acids is 1. The van der Waals surface area contributed by atoms with Crippen LogP contribution in [0.2, 0.25) is 0 Å². The lowest BCUT2D eigenvalue weighted by atomic mass is 10.1. The standard InChI is InChI=1S/C12H20N4O2/c1-3-4-16-12(14-8-15-16)6-11(17)10-5-9(18-2)7-13-10/h8-10,13H,3-7H2,1-2H3. The van der Waals surface area contributed by atoms with Crippen molar-refractivity contribution in [1.82, 2.24) is 20.1 Å². The molecule has 0 aliphatic carbocycles. The summed E-state index contributed by atoms with van der Waals surface area (Å²) in [6.45, 7) is 3.63. The van der Waals surface area contributed by atoms with Crippen LogP contribution >= 0.6 is 0 Å². The molecule has 100 valence electrons. The van der Waals surface area contributed by atoms with Gasteiger partial charge in [0.1, 0.15) is 12.2 Å². The van der Waals surface area contributed by atoms with Gasteiger partial charge in [0.15, 0.2) is 5.78 Å². The van der Waals surface area contributed by atoms with Gasteiger partial charge in [0, 0.05) is 20.2 Å². The fraction of sp³-hybridized carbons (Fsp3) is 0.750. The third-order valence-electron chi connectivity index (χ3n) is 3.28. The lowest BCUT2D eigenvalue weighted by Crippen LogP contribution is -2.32. The number of nitrogens with one attached hydrogen (secondary N) is 1. The van der Waals surface area contributed by atoms with Gasteiger partial charge in [0.05, 0.1) is 18.6 Å². The molecule has 2 rings (SSSR count). The summed E-state index contributed by atoms with van der Waals surface area (Å²) in [5, 5.41) is 7.31. The van der Waals surface area contributed by atoms with Gasteiger partial charge in [-0.1, -0.05) is 6.92 Å². The summed E-state index contributed by atoms with van der Waals surface area (Å²) in [5.74, 6) is 0.921. The summed E-state index contributed by atoms with van der Waals surface area (Å²) in [4.78, 5) is 16.3. The average molecular weight is 252 g/mol. The Morgan fingerprint density at radius 1 is 1.67 bits per heavy atom. The van der Waals surface area contributed by atoms with Gasteiger partial charge < -0.3 is 10.1 Å². The van der Waals surface area contributed by atoms with Crippen LogP contribution in [0.4, 0.5) is 0 Å². The summed E-state index contributed by atoms with van der Waals surface area (Å²) in [6.07, 6.45) is 3.73. The second-order valence-corrected chi connectivity index (χ2v) is 4.60. The molecule has 6 nitrogen and oxygen atoms in total. The molecule has 2 atom stereocenters. The topological polar surface area (TPSA) is 69.0 Å². The molecular formula is C12H20N4O2. The molecule has 1 N–H and O–H groups in total. The fourth-order valence-electron chi connectivity index (χ4n) is 2.23. The Bertz CT molecular complexity index is 405. The maximum absolute atomic E-state index is 12.1. The zero-order valence-corrected chi connectivity index (χ0v) is 10.9. The van der Waals surface area contributed by atoms with E-state index in [-0.39, 0.29) is 17.9 Å². The molecule has 1 aromatic heterocycles. The van der Waals surface area contributed by atoms with Crippen LogP contribution in [0.15, 0.2) is 6.33 Å². The number of aromatic nitrogens is 3. The van der Waals surface area contributed by atoms with Crippen molar-refractivity contribution in [3.05, 3.63) is 12.2 Å². The third-order valence-corrected chi connectivity index (χ3v) is 3.28. The highest BCUT2D eigenvalue weighted by Crippen LogP contribution is 2.12. The zero-order valence-electron chi connectivity index (χ0n) is 10.9. The second-order valence-electron chi connectivity index (χ2n) is 4.60. The van der Waals surface area contributed by atoms with E-state index in [1.54, 1.807) is 11.8 Å². The SMILES string of the molecule is CCCn1ncnc1CC(=O)C1CC(OC)CN1. The molecule has 1 saturated heterocycles. The molecule has 0 bridgehead atoms. The molecule has 2 heterocycles. The van der Waals surface area contributed by atoms with Gasteiger partial charge in [0.2, 0.25) is 0 Å². The second kappa shape index (κ2) is 6.06. The van der Waals surface area contributed by atoms with Crippen LogP contribution in [0.5, 0.6) is 0 Å². The Morgan fingerprint density at radius 3 is 3.17 bits per heavy atom. The highest BCUT2D eigenvalue weighted by Gasteiger charge is 2.29. The monoisotopic (exact) mass is 252 g/mol. The molecular weight excluding hydrogens is 232 g/mol. The first-order valence-electron chi connectivity index (χ1n) is 6.40. The van der Waals surface area contributed by atoms with Gasteiger partial charge in [-0.2, -0.15) is 5.10 Å². The number of hydrogen-bond donors (Lipinski definition) is 1. The highest BCUT2D eigenvalue weighted by molar-refractivity contribution is 5.85. The zero-order chi connectivity index (χ0) is 13.0. The molecule has 1 aliphatic rings. The highest BCUT2D eigenvalue weighted by atomic mass is 16.5. The average Bonchev–Trinajstić information content (AvgIpc) is 2.99. The Balaban J connectivity index is 1.93. The number of rotatable bonds is 6. The molecule has 1 aliphatic heterocycles. The number of nitrogens with zero attached hydrogens (tertiary/aromatic N) is 3. The van der Waals surface area contributed by atoms with E-state index in [4.69, 9.17) is 4.74 Å². The molecule has 0 saturated carbocycles. The molecule has 0 amide bonds. The number of ketones is 1. The normalized spacial score (nSPS) is 23.4. The minimum Gasteiger partial charge on any atom is -0.380 e. The lowest BCUT2D eigenvalue weighted by molar-refractivity contribution is -0.120. The number of Topliss-reactive ketones (excluding diaryl/α,β-unsaturated/α-hetero) is 1. The quantitative estimate of drug-likeness (QED) is 0.782. The van der Waals surface area contributed by atoms with Crippen molar-refractivity contribution in [2.45, 2.75) is 44.9 Å². The molecule has 0 radical (unpaired) electrons. The van der Waals surface area contributed by atoms with E-state index in [0.29, 0.717) is 6.42 Å². The summed E-state index contributed by atoms with van der Waals surface area (Å²) in [5.41, 5.74) is 0. The van der Waals surface area contributed by atoms with Crippen LogP contribution in [0, 0.1) is 0 Å². The van der Waals surface area contributed by atoms with E-state index in [1.165, 1.54) is 6.33 Å². The van der Waals surface area contributed by atoms with Crippen molar-refractivity contribution in [1.29, 1.82) is 0 Å². The van der Waals surface area contributed by atoms with Crippen molar-refractivity contribution in [3.8, 4) is 0 Å². The Labute approximate surface area is 107 Å². The number of methoxy groups -OCH3 is 1. The lowest BCUT2D eigenvalue weighted by Gasteiger charge is -2.09. The van der Waals surface area contributed by atoms with Crippen molar-refractivity contribution >= 4 is 5.78 Å². The molecule has 2 unspecified atom stereocenters. The molecule has 1 aromatic rings. The predicted molar refractivity (Wildman–Crippen MR) is 66.2 cm³/mol. The molecule has 0 spiro atoms. The van der Waals surface area contributed by atoms with E-state index in [9.17, 15) is 4.79 Å². The first-order valence-corrected chi connectivity index (χ1v) is 6.40. The van der Waals surface area contributed by atoms with Crippen LogP contribution in [0.3, 0.4) is 0 Å². The van der Waals surface area contributed by atoms with Crippen molar-refractivity contribution in [2.75, 3.05) is 13.7 Å². The van der Waals surface area contributed by atoms with Crippen molar-refractivity contribution in [2.24, 2.45) is 0 Å². The van der Waals surface area contributed by atoms with Crippen LogP contribution in [-0.2, 0) is 22.5 Å². The number of aryl methyl sites for hydroxylation is 1. The van der Waals surface area contributed by atoms with Crippen molar-refractivity contribution in [3.63, 3.8) is 0 Å². The molecule has 18 heavy (non-hydrogen) atoms. The smallest absolute Gasteiger partial charge is 0.157 e. The number of ether oxygens (including phenoxy) is 1. The Hall–Kier alpha value is -1.27. The van der Waals surface area contributed by atoms with Crippen LogP contribution in [0.1, 0.15) is 25.6 Å². The minimum absolute atomic E-state index is 0.110. The van der Waals surface area contributed by atoms with Gasteiger partial charge in [-0.25, -0.2) is 9.67 Å². The number of carbonyl (C=O) groups is 1. The Morgan fingerprint density at radius 2 is 2.50 bits per heavy atom. The molecule has 0 aromatic carbocycles. The third kappa shape index (κ3) is 2.94. The molecule has 1 fully saturated rings. The summed E-state index contributed by atoms with van der Waals surface area (Å²) in [6, 6.07) is -0.110. The van der Waals surface area contributed by atoms with Gasteiger partial charge in [0.25, 0.3) is 0 Å². The van der Waals surface area contributed by atoms with Gasteiger partial charge in [-0.15, -0.1) is 0 Å². The van der Waals surface area contributed by atoms with E-state index in [2.05, 4.69) is 22.3 Å². The predicted octanol–water partition coefficient (Wildman–Crippen LogP) is 0.177. The Kier molecular flexibility index (Phi) is 4.43. The number of hydrogen-bond acceptors (Lipinski definition) is 5. The van der Waals surface area contributed by atoms with Gasteiger partial charge in [-0.05, 0) is 12.8 Å². The van der Waals surface area contributed by atoms with E-state index in [0.717, 1.165) is 31.8 Å². The maximum atomic E-state index is 12.1. The maximum Gasteiger partial charge on any atom is 0.157 e. The summed E-state index contributed by atoms with van der Waals surface area (Å²) >= 11 is 0. The minimum atomic E-state index is -0.110. The first-order chi connectivity index (χ1) is 8.74. The van der Waals surface area contributed by atoms with E-state index in [1.807, 2.05) is 0 Å². The largest absolute Gasteiger partial charge is 0.380 e. The van der Waals surface area contributed by atoms with Crippen LogP contribution < -0.4 is 5.32 Å². The van der Waals surface area contributed by atoms with Crippen LogP contribution in [0.25, 0.3) is 0 Å². The van der Waals surface area contributed by atoms with Gasteiger partial charge in [-0.3, -0.25) is 4.79 Å². The summed E-state index contributed by atoms with van der Waals surface area (Å²) < 4.78 is 7.05. The molecule has 6 heteroatoms. The van der Waals surface area contributed by atoms with E-state index >= 15 is 0 Å². The van der Waals surface area contributed by atoms with Crippen LogP contribution in [-0.4, -0.2) is 46.3 Å². The first kappa shape index (κ1) is 13.2. The fourth-order valence-corrected chi connectivity index (χ4v) is 2.23. The van der Waals surface area contributed by atoms with Gasteiger partial charge >= 0.3 is 0 Å².